The zero-order valence-corrected chi connectivity index (χ0v) is 19.3. The fourth-order valence-corrected chi connectivity index (χ4v) is 3.90. The highest BCUT2D eigenvalue weighted by Gasteiger charge is 2.26. The van der Waals surface area contributed by atoms with Crippen LogP contribution in [0.25, 0.3) is 22.2 Å². The number of ether oxygens (including phenoxy) is 1. The second-order valence-corrected chi connectivity index (χ2v) is 7.32. The molecule has 1 aliphatic heterocycles. The molecule has 0 spiro atoms. The molecule has 1 aromatic carbocycles. The Balaban J connectivity index is 0.00000181. The van der Waals surface area contributed by atoms with Crippen LogP contribution < -0.4 is 20.9 Å². The Labute approximate surface area is 196 Å². The summed E-state index contributed by atoms with van der Waals surface area (Å²) in [7, 11) is 3.90. The van der Waals surface area contributed by atoms with Gasteiger partial charge in [-0.15, -0.1) is 24.8 Å². The molecule has 0 fully saturated rings. The van der Waals surface area contributed by atoms with E-state index in [9.17, 15) is 19.8 Å². The number of aromatic nitrogens is 2. The SMILES string of the molecule is CNCCNCc1cc2cc3c(cc2n1C)OCCc1c-3[nH]c(=O)c(C(=O)O)c1O.Cl.Cl. The van der Waals surface area contributed by atoms with Crippen molar-refractivity contribution in [3.63, 3.8) is 0 Å². The molecule has 5 N–H and O–H groups in total. The van der Waals surface area contributed by atoms with Crippen molar-refractivity contribution in [2.45, 2.75) is 13.0 Å². The number of fused-ring (bicyclic) bond motifs is 4. The predicted octanol–water partition coefficient (Wildman–Crippen LogP) is 2.02. The molecule has 32 heavy (non-hydrogen) atoms. The van der Waals surface area contributed by atoms with Gasteiger partial charge < -0.3 is 35.1 Å². The summed E-state index contributed by atoms with van der Waals surface area (Å²) >= 11 is 0. The van der Waals surface area contributed by atoms with E-state index in [1.165, 1.54) is 0 Å². The van der Waals surface area contributed by atoms with Gasteiger partial charge in [-0.25, -0.2) is 4.79 Å². The maximum atomic E-state index is 12.3. The summed E-state index contributed by atoms with van der Waals surface area (Å²) < 4.78 is 7.98. The Kier molecular flexibility index (Phi) is 8.19. The number of carbonyl (C=O) groups is 1. The fraction of sp³-hybridized carbons (Fsp3) is 0.333. The number of carboxylic acids is 1. The van der Waals surface area contributed by atoms with Gasteiger partial charge in [-0.1, -0.05) is 0 Å². The Bertz CT molecular complexity index is 1210. The van der Waals surface area contributed by atoms with Crippen molar-refractivity contribution in [1.29, 1.82) is 0 Å². The van der Waals surface area contributed by atoms with E-state index in [4.69, 9.17) is 4.74 Å². The van der Waals surface area contributed by atoms with Gasteiger partial charge in [-0.05, 0) is 19.2 Å². The summed E-state index contributed by atoms with van der Waals surface area (Å²) in [6.45, 7) is 2.68. The van der Waals surface area contributed by atoms with Crippen LogP contribution in [0.2, 0.25) is 0 Å². The highest BCUT2D eigenvalue weighted by atomic mass is 35.5. The molecule has 9 nitrogen and oxygen atoms in total. The topological polar surface area (TPSA) is 129 Å². The van der Waals surface area contributed by atoms with E-state index in [2.05, 4.69) is 26.3 Å². The number of pyridine rings is 1. The van der Waals surface area contributed by atoms with Crippen LogP contribution in [0.5, 0.6) is 11.5 Å². The lowest BCUT2D eigenvalue weighted by Gasteiger charge is -2.12. The molecule has 0 saturated heterocycles. The lowest BCUT2D eigenvalue weighted by Crippen LogP contribution is -2.25. The van der Waals surface area contributed by atoms with Crippen molar-refractivity contribution in [3.8, 4) is 22.8 Å². The number of aryl methyl sites for hydroxylation is 1. The van der Waals surface area contributed by atoms with Gasteiger partial charge in [0.05, 0.1) is 17.8 Å². The van der Waals surface area contributed by atoms with E-state index in [0.29, 0.717) is 29.1 Å². The molecular weight excluding hydrogens is 459 g/mol. The number of H-pyrrole nitrogens is 1. The van der Waals surface area contributed by atoms with Crippen LogP contribution >= 0.6 is 24.8 Å². The molecule has 174 valence electrons. The van der Waals surface area contributed by atoms with Gasteiger partial charge in [-0.3, -0.25) is 4.79 Å². The first-order valence-electron chi connectivity index (χ1n) is 9.74. The van der Waals surface area contributed by atoms with Crippen LogP contribution in [0.15, 0.2) is 23.0 Å². The quantitative estimate of drug-likeness (QED) is 0.338. The molecule has 3 aromatic rings. The third kappa shape index (κ3) is 4.42. The fourth-order valence-electron chi connectivity index (χ4n) is 3.90. The Morgan fingerprint density at radius 1 is 1.25 bits per heavy atom. The van der Waals surface area contributed by atoms with Crippen LogP contribution in [-0.4, -0.2) is 52.5 Å². The number of halogens is 2. The predicted molar refractivity (Wildman–Crippen MR) is 127 cm³/mol. The number of rotatable bonds is 6. The van der Waals surface area contributed by atoms with Crippen molar-refractivity contribution in [2.75, 3.05) is 26.7 Å². The number of likely N-dealkylation sites (N-methyl/N-ethyl adjacent to an activating group) is 1. The molecule has 0 radical (unpaired) electrons. The summed E-state index contributed by atoms with van der Waals surface area (Å²) in [6.07, 6.45) is 0.282. The molecular formula is C21H26Cl2N4O5. The van der Waals surface area contributed by atoms with Crippen LogP contribution in [-0.2, 0) is 20.0 Å². The number of aromatic carboxylic acids is 1. The lowest BCUT2D eigenvalue weighted by molar-refractivity contribution is 0.0691. The molecule has 0 saturated carbocycles. The molecule has 3 heterocycles. The van der Waals surface area contributed by atoms with E-state index in [-0.39, 0.29) is 37.8 Å². The standard InChI is InChI=1S/C21H24N4O5.2ClH/c1-22-4-5-23-10-12-7-11-8-14-16(9-15(11)25(12)2)30-6-3-13-18(14)24-20(27)17(19(13)26)21(28)29;;/h7-9,22-23H,3-6,10H2,1-2H3,(H,28,29)(H2,24,26,27);2*1H. The third-order valence-electron chi connectivity index (χ3n) is 5.48. The number of aromatic hydroxyl groups is 1. The second kappa shape index (κ2) is 10.3. The average molecular weight is 485 g/mol. The number of carboxylic acid groups (broad SMARTS) is 1. The highest BCUT2D eigenvalue weighted by Crippen LogP contribution is 2.40. The molecule has 0 bridgehead atoms. The summed E-state index contributed by atoms with van der Waals surface area (Å²) in [5.41, 5.74) is 1.99. The summed E-state index contributed by atoms with van der Waals surface area (Å²) in [4.78, 5) is 26.3. The number of hydrogen-bond donors (Lipinski definition) is 5. The normalized spacial score (nSPS) is 12.1. The van der Waals surface area contributed by atoms with E-state index in [1.807, 2.05) is 26.2 Å². The van der Waals surface area contributed by atoms with Gasteiger partial charge in [0.2, 0.25) is 0 Å². The molecule has 0 atom stereocenters. The van der Waals surface area contributed by atoms with E-state index < -0.39 is 22.8 Å². The van der Waals surface area contributed by atoms with Crippen LogP contribution in [0.3, 0.4) is 0 Å². The van der Waals surface area contributed by atoms with E-state index in [1.54, 1.807) is 0 Å². The van der Waals surface area contributed by atoms with Crippen LogP contribution in [0.1, 0.15) is 21.6 Å². The first kappa shape index (κ1) is 25.5. The number of nitrogens with zero attached hydrogens (tertiary/aromatic N) is 1. The minimum Gasteiger partial charge on any atom is -0.506 e. The molecule has 4 rings (SSSR count). The summed E-state index contributed by atoms with van der Waals surface area (Å²) in [6, 6.07) is 5.88. The molecule has 11 heteroatoms. The smallest absolute Gasteiger partial charge is 0.345 e. The van der Waals surface area contributed by atoms with Crippen molar-refractivity contribution in [1.82, 2.24) is 20.2 Å². The average Bonchev–Trinajstić information content (AvgIpc) is 2.89. The van der Waals surface area contributed by atoms with Gasteiger partial charge in [0, 0.05) is 61.4 Å². The maximum Gasteiger partial charge on any atom is 0.345 e. The zero-order valence-electron chi connectivity index (χ0n) is 17.7. The maximum absolute atomic E-state index is 12.3. The minimum absolute atomic E-state index is 0. The van der Waals surface area contributed by atoms with Gasteiger partial charge in [-0.2, -0.15) is 0 Å². The van der Waals surface area contributed by atoms with Crippen molar-refractivity contribution >= 4 is 41.7 Å². The van der Waals surface area contributed by atoms with Crippen LogP contribution in [0.4, 0.5) is 0 Å². The Morgan fingerprint density at radius 3 is 2.69 bits per heavy atom. The minimum atomic E-state index is -1.46. The van der Waals surface area contributed by atoms with E-state index >= 15 is 0 Å². The molecule has 2 aromatic heterocycles. The van der Waals surface area contributed by atoms with Gasteiger partial charge in [0.25, 0.3) is 5.56 Å². The van der Waals surface area contributed by atoms with Gasteiger partial charge in [0.1, 0.15) is 11.5 Å². The monoisotopic (exact) mass is 484 g/mol. The number of hydrogen-bond acceptors (Lipinski definition) is 6. The third-order valence-corrected chi connectivity index (χ3v) is 5.48. The van der Waals surface area contributed by atoms with Crippen molar-refractivity contribution in [3.05, 3.63) is 45.4 Å². The van der Waals surface area contributed by atoms with E-state index in [0.717, 1.165) is 29.7 Å². The first-order valence-corrected chi connectivity index (χ1v) is 9.74. The number of nitrogens with one attached hydrogen (secondary N) is 3. The summed E-state index contributed by atoms with van der Waals surface area (Å²) in [5, 5.41) is 27.2. The Hall–Kier alpha value is -2.72. The molecule has 0 aliphatic carbocycles. The number of benzene rings is 1. The molecule has 1 aliphatic rings. The zero-order chi connectivity index (χ0) is 21.4. The first-order chi connectivity index (χ1) is 14.4. The van der Waals surface area contributed by atoms with Crippen LogP contribution in [0, 0.1) is 0 Å². The molecule has 0 unspecified atom stereocenters. The van der Waals surface area contributed by atoms with Gasteiger partial charge in [0.15, 0.2) is 5.56 Å². The van der Waals surface area contributed by atoms with Crippen molar-refractivity contribution < 1.29 is 19.7 Å². The molecule has 0 amide bonds. The largest absolute Gasteiger partial charge is 0.506 e. The number of aromatic amines is 1. The summed E-state index contributed by atoms with van der Waals surface area (Å²) in [5.74, 6) is -1.38. The second-order valence-electron chi connectivity index (χ2n) is 7.32. The van der Waals surface area contributed by atoms with Crippen molar-refractivity contribution in [2.24, 2.45) is 7.05 Å². The highest BCUT2D eigenvalue weighted by molar-refractivity contribution is 5.94. The lowest BCUT2D eigenvalue weighted by atomic mass is 9.99. The Morgan fingerprint density at radius 2 is 2.00 bits per heavy atom. The van der Waals surface area contributed by atoms with Gasteiger partial charge >= 0.3 is 5.97 Å².